The third-order valence-corrected chi connectivity index (χ3v) is 5.06. The van der Waals surface area contributed by atoms with E-state index in [1.807, 2.05) is 11.9 Å². The van der Waals surface area contributed by atoms with Gasteiger partial charge in [-0.1, -0.05) is 25.7 Å². The number of nitrogens with zero attached hydrogens (tertiary/aromatic N) is 1. The number of nitrogens with two attached hydrogens (primary N) is 1. The van der Waals surface area contributed by atoms with Crippen LogP contribution in [0.25, 0.3) is 0 Å². The highest BCUT2D eigenvalue weighted by Crippen LogP contribution is 2.43. The van der Waals surface area contributed by atoms with Gasteiger partial charge in [0.1, 0.15) is 0 Å². The maximum atomic E-state index is 12.3. The minimum absolute atomic E-state index is 0.151. The highest BCUT2D eigenvalue weighted by molar-refractivity contribution is 5.76. The predicted molar refractivity (Wildman–Crippen MR) is 74.2 cm³/mol. The van der Waals surface area contributed by atoms with Crippen LogP contribution in [-0.4, -0.2) is 30.9 Å². The van der Waals surface area contributed by atoms with Gasteiger partial charge in [-0.2, -0.15) is 0 Å². The molecule has 2 fully saturated rings. The Balaban J connectivity index is 1.77. The normalized spacial score (nSPS) is 23.4. The van der Waals surface area contributed by atoms with Crippen molar-refractivity contribution in [2.24, 2.45) is 17.1 Å². The highest BCUT2D eigenvalue weighted by Gasteiger charge is 2.38. The fourth-order valence-corrected chi connectivity index (χ4v) is 3.44. The summed E-state index contributed by atoms with van der Waals surface area (Å²) in [6.07, 6.45) is 10.9. The lowest BCUT2D eigenvalue weighted by atomic mass is 9.66. The second-order valence-corrected chi connectivity index (χ2v) is 6.51. The molecule has 2 N–H and O–H groups in total. The van der Waals surface area contributed by atoms with E-state index >= 15 is 0 Å². The Kier molecular flexibility index (Phi) is 4.66. The van der Waals surface area contributed by atoms with E-state index in [-0.39, 0.29) is 5.41 Å². The molecule has 3 nitrogen and oxygen atoms in total. The average Bonchev–Trinajstić information content (AvgIpc) is 2.34. The van der Waals surface area contributed by atoms with E-state index in [1.54, 1.807) is 0 Å². The Morgan fingerprint density at radius 2 is 1.89 bits per heavy atom. The molecule has 0 heterocycles. The van der Waals surface area contributed by atoms with Crippen LogP contribution in [0.4, 0.5) is 0 Å². The van der Waals surface area contributed by atoms with Gasteiger partial charge in [0.2, 0.25) is 5.91 Å². The fourth-order valence-electron chi connectivity index (χ4n) is 3.44. The first-order chi connectivity index (χ1) is 8.65. The fraction of sp³-hybridized carbons (Fsp3) is 0.933. The second-order valence-electron chi connectivity index (χ2n) is 6.51. The van der Waals surface area contributed by atoms with Gasteiger partial charge in [-0.15, -0.1) is 0 Å². The molecule has 2 aliphatic carbocycles. The maximum absolute atomic E-state index is 12.3. The molecule has 0 aromatic heterocycles. The van der Waals surface area contributed by atoms with Gasteiger partial charge in [-0.25, -0.2) is 0 Å². The lowest BCUT2D eigenvalue weighted by Crippen LogP contribution is -2.43. The van der Waals surface area contributed by atoms with Crippen LogP contribution in [0.1, 0.15) is 57.8 Å². The first kappa shape index (κ1) is 13.9. The van der Waals surface area contributed by atoms with Crippen molar-refractivity contribution < 1.29 is 4.79 Å². The first-order valence-corrected chi connectivity index (χ1v) is 7.59. The SMILES string of the molecule is CN(CC1CCCCC1)C(=O)CC1(CN)CCC1. The van der Waals surface area contributed by atoms with Crippen LogP contribution in [-0.2, 0) is 4.79 Å². The van der Waals surface area contributed by atoms with E-state index in [0.717, 1.165) is 25.3 Å². The third kappa shape index (κ3) is 3.25. The molecule has 104 valence electrons. The minimum atomic E-state index is 0.151. The summed E-state index contributed by atoms with van der Waals surface area (Å²) in [5.41, 5.74) is 5.98. The standard InChI is InChI=1S/C15H28N2O/c1-17(11-13-6-3-2-4-7-13)14(18)10-15(12-16)8-5-9-15/h13H,2-12,16H2,1H3. The summed E-state index contributed by atoms with van der Waals surface area (Å²) in [6, 6.07) is 0. The van der Waals surface area contributed by atoms with Crippen molar-refractivity contribution in [3.8, 4) is 0 Å². The van der Waals surface area contributed by atoms with Crippen molar-refractivity contribution in [2.45, 2.75) is 57.8 Å². The number of hydrogen-bond donors (Lipinski definition) is 1. The number of rotatable bonds is 5. The van der Waals surface area contributed by atoms with Crippen LogP contribution >= 0.6 is 0 Å². The van der Waals surface area contributed by atoms with Gasteiger partial charge in [0.05, 0.1) is 0 Å². The minimum Gasteiger partial charge on any atom is -0.345 e. The van der Waals surface area contributed by atoms with E-state index in [2.05, 4.69) is 0 Å². The van der Waals surface area contributed by atoms with E-state index in [0.29, 0.717) is 18.9 Å². The Hall–Kier alpha value is -0.570. The summed E-state index contributed by atoms with van der Waals surface area (Å²) in [6.45, 7) is 1.63. The van der Waals surface area contributed by atoms with Crippen molar-refractivity contribution in [2.75, 3.05) is 20.1 Å². The monoisotopic (exact) mass is 252 g/mol. The van der Waals surface area contributed by atoms with Crippen molar-refractivity contribution >= 4 is 5.91 Å². The number of carbonyl (C=O) groups excluding carboxylic acids is 1. The van der Waals surface area contributed by atoms with E-state index < -0.39 is 0 Å². The maximum Gasteiger partial charge on any atom is 0.222 e. The van der Waals surface area contributed by atoms with Crippen molar-refractivity contribution in [3.05, 3.63) is 0 Å². The van der Waals surface area contributed by atoms with Crippen LogP contribution in [0.2, 0.25) is 0 Å². The molecule has 3 heteroatoms. The quantitative estimate of drug-likeness (QED) is 0.817. The molecule has 0 radical (unpaired) electrons. The van der Waals surface area contributed by atoms with Crippen LogP contribution in [0.3, 0.4) is 0 Å². The average molecular weight is 252 g/mol. The summed E-state index contributed by atoms with van der Waals surface area (Å²) in [5, 5.41) is 0. The molecule has 0 unspecified atom stereocenters. The molecule has 0 spiro atoms. The van der Waals surface area contributed by atoms with Gasteiger partial charge in [-0.05, 0) is 43.6 Å². The highest BCUT2D eigenvalue weighted by atomic mass is 16.2. The summed E-state index contributed by atoms with van der Waals surface area (Å²) >= 11 is 0. The molecule has 0 saturated heterocycles. The summed E-state index contributed by atoms with van der Waals surface area (Å²) in [5.74, 6) is 1.05. The summed E-state index contributed by atoms with van der Waals surface area (Å²) in [4.78, 5) is 14.2. The van der Waals surface area contributed by atoms with Gasteiger partial charge >= 0.3 is 0 Å². The van der Waals surface area contributed by atoms with Gasteiger partial charge in [0.25, 0.3) is 0 Å². The predicted octanol–water partition coefficient (Wildman–Crippen LogP) is 2.54. The number of amides is 1. The molecular formula is C15H28N2O. The van der Waals surface area contributed by atoms with E-state index in [4.69, 9.17) is 5.73 Å². The molecule has 2 rings (SSSR count). The lowest BCUT2D eigenvalue weighted by molar-refractivity contribution is -0.134. The van der Waals surface area contributed by atoms with Crippen LogP contribution in [0.15, 0.2) is 0 Å². The van der Waals surface area contributed by atoms with Gasteiger partial charge < -0.3 is 10.6 Å². The Labute approximate surface area is 111 Å². The molecular weight excluding hydrogens is 224 g/mol. The molecule has 0 aliphatic heterocycles. The summed E-state index contributed by atoms with van der Waals surface area (Å²) < 4.78 is 0. The van der Waals surface area contributed by atoms with Gasteiger partial charge in [-0.3, -0.25) is 4.79 Å². The van der Waals surface area contributed by atoms with Gasteiger partial charge in [0.15, 0.2) is 0 Å². The Morgan fingerprint density at radius 3 is 2.39 bits per heavy atom. The Morgan fingerprint density at radius 1 is 1.22 bits per heavy atom. The molecule has 18 heavy (non-hydrogen) atoms. The molecule has 0 aromatic carbocycles. The Bertz CT molecular complexity index is 275. The summed E-state index contributed by atoms with van der Waals surface area (Å²) in [7, 11) is 1.97. The van der Waals surface area contributed by atoms with Crippen molar-refractivity contribution in [1.29, 1.82) is 0 Å². The molecule has 1 amide bonds. The van der Waals surface area contributed by atoms with Crippen LogP contribution < -0.4 is 5.73 Å². The second kappa shape index (κ2) is 6.05. The zero-order chi connectivity index (χ0) is 13.0. The zero-order valence-electron chi connectivity index (χ0n) is 11.8. The van der Waals surface area contributed by atoms with E-state index in [9.17, 15) is 4.79 Å². The van der Waals surface area contributed by atoms with Crippen molar-refractivity contribution in [1.82, 2.24) is 4.90 Å². The molecule has 0 aromatic rings. The van der Waals surface area contributed by atoms with Gasteiger partial charge in [0, 0.05) is 20.0 Å². The first-order valence-electron chi connectivity index (χ1n) is 7.59. The number of hydrogen-bond acceptors (Lipinski definition) is 2. The zero-order valence-corrected chi connectivity index (χ0v) is 11.8. The largest absolute Gasteiger partial charge is 0.345 e. The van der Waals surface area contributed by atoms with Crippen LogP contribution in [0, 0.1) is 11.3 Å². The third-order valence-electron chi connectivity index (χ3n) is 5.06. The molecule has 0 atom stereocenters. The topological polar surface area (TPSA) is 46.3 Å². The lowest BCUT2D eigenvalue weighted by Gasteiger charge is -2.41. The number of carbonyl (C=O) groups is 1. The van der Waals surface area contributed by atoms with Crippen LogP contribution in [0.5, 0.6) is 0 Å². The molecule has 0 bridgehead atoms. The molecule has 2 saturated carbocycles. The molecule has 2 aliphatic rings. The smallest absolute Gasteiger partial charge is 0.222 e. The van der Waals surface area contributed by atoms with Crippen molar-refractivity contribution in [3.63, 3.8) is 0 Å². The van der Waals surface area contributed by atoms with E-state index in [1.165, 1.54) is 38.5 Å².